The summed E-state index contributed by atoms with van der Waals surface area (Å²) in [7, 11) is 3.19. The molecule has 0 aliphatic heterocycles. The van der Waals surface area contributed by atoms with Crippen molar-refractivity contribution in [3.05, 3.63) is 66.4 Å². The predicted octanol–water partition coefficient (Wildman–Crippen LogP) is 3.51. The third-order valence-corrected chi connectivity index (χ3v) is 2.93. The molecule has 1 N–H and O–H groups in total. The number of carbonyl (C=O) groups is 1. The third kappa shape index (κ3) is 4.11. The summed E-state index contributed by atoms with van der Waals surface area (Å²) in [5.41, 5.74) is 1.47. The standard InChI is InChI=1S/C17H17NO3/c1-20-15-8-6-14(7-9-15)18-11-10-17(19)13-4-3-5-16(12-13)21-2/h3-12,18H,1-2H3. The van der Waals surface area contributed by atoms with Gasteiger partial charge in [-0.2, -0.15) is 0 Å². The molecule has 0 aromatic heterocycles. The van der Waals surface area contributed by atoms with E-state index in [4.69, 9.17) is 9.47 Å². The summed E-state index contributed by atoms with van der Waals surface area (Å²) >= 11 is 0. The second-order valence-electron chi connectivity index (χ2n) is 4.30. The van der Waals surface area contributed by atoms with Gasteiger partial charge in [0, 0.05) is 23.5 Å². The van der Waals surface area contributed by atoms with Crippen molar-refractivity contribution in [1.29, 1.82) is 0 Å². The maximum atomic E-state index is 12.0. The van der Waals surface area contributed by atoms with Crippen LogP contribution in [0.3, 0.4) is 0 Å². The van der Waals surface area contributed by atoms with Gasteiger partial charge in [-0.05, 0) is 36.4 Å². The smallest absolute Gasteiger partial charge is 0.187 e. The molecular formula is C17H17NO3. The lowest BCUT2D eigenvalue weighted by Crippen LogP contribution is -1.97. The summed E-state index contributed by atoms with van der Waals surface area (Å²) in [5, 5.41) is 3.04. The SMILES string of the molecule is COc1ccc(NC=CC(=O)c2cccc(OC)c2)cc1. The van der Waals surface area contributed by atoms with Gasteiger partial charge in [-0.25, -0.2) is 0 Å². The second-order valence-corrected chi connectivity index (χ2v) is 4.30. The Morgan fingerprint density at radius 2 is 1.71 bits per heavy atom. The van der Waals surface area contributed by atoms with Crippen LogP contribution in [0.5, 0.6) is 11.5 Å². The zero-order valence-electron chi connectivity index (χ0n) is 12.0. The maximum absolute atomic E-state index is 12.0. The van der Waals surface area contributed by atoms with Crippen LogP contribution in [0.25, 0.3) is 0 Å². The van der Waals surface area contributed by atoms with Gasteiger partial charge in [-0.1, -0.05) is 12.1 Å². The highest BCUT2D eigenvalue weighted by molar-refractivity contribution is 6.04. The van der Waals surface area contributed by atoms with E-state index in [0.29, 0.717) is 11.3 Å². The van der Waals surface area contributed by atoms with Crippen LogP contribution in [0.4, 0.5) is 5.69 Å². The number of ketones is 1. The largest absolute Gasteiger partial charge is 0.497 e. The highest BCUT2D eigenvalue weighted by Crippen LogP contribution is 2.15. The van der Waals surface area contributed by atoms with Crippen LogP contribution in [-0.2, 0) is 0 Å². The average Bonchev–Trinajstić information content (AvgIpc) is 2.55. The van der Waals surface area contributed by atoms with E-state index in [9.17, 15) is 4.79 Å². The first kappa shape index (κ1) is 14.7. The Balaban J connectivity index is 1.97. The number of rotatable bonds is 6. The minimum Gasteiger partial charge on any atom is -0.497 e. The van der Waals surface area contributed by atoms with E-state index >= 15 is 0 Å². The fourth-order valence-corrected chi connectivity index (χ4v) is 1.77. The molecule has 0 unspecified atom stereocenters. The fraction of sp³-hybridized carbons (Fsp3) is 0.118. The third-order valence-electron chi connectivity index (χ3n) is 2.93. The van der Waals surface area contributed by atoms with Gasteiger partial charge in [0.05, 0.1) is 14.2 Å². The molecule has 108 valence electrons. The first-order valence-electron chi connectivity index (χ1n) is 6.48. The molecule has 0 atom stereocenters. The molecule has 2 aromatic rings. The Labute approximate surface area is 124 Å². The molecule has 0 saturated heterocycles. The topological polar surface area (TPSA) is 47.6 Å². The Morgan fingerprint density at radius 3 is 2.38 bits per heavy atom. The quantitative estimate of drug-likeness (QED) is 0.651. The van der Waals surface area contributed by atoms with Gasteiger partial charge in [0.2, 0.25) is 0 Å². The summed E-state index contributed by atoms with van der Waals surface area (Å²) in [5.74, 6) is 1.37. The van der Waals surface area contributed by atoms with Crippen LogP contribution in [0.2, 0.25) is 0 Å². The van der Waals surface area contributed by atoms with Crippen molar-refractivity contribution >= 4 is 11.5 Å². The molecule has 4 nitrogen and oxygen atoms in total. The highest BCUT2D eigenvalue weighted by atomic mass is 16.5. The van der Waals surface area contributed by atoms with Gasteiger partial charge in [-0.15, -0.1) is 0 Å². The number of methoxy groups -OCH3 is 2. The van der Waals surface area contributed by atoms with E-state index in [1.54, 1.807) is 44.7 Å². The minimum atomic E-state index is -0.0880. The van der Waals surface area contributed by atoms with Crippen LogP contribution >= 0.6 is 0 Å². The Bertz CT molecular complexity index is 633. The molecule has 4 heteroatoms. The number of hydrogen-bond donors (Lipinski definition) is 1. The monoisotopic (exact) mass is 283 g/mol. The second kappa shape index (κ2) is 7.14. The molecular weight excluding hydrogens is 266 g/mol. The molecule has 0 heterocycles. The number of nitrogens with one attached hydrogen (secondary N) is 1. The van der Waals surface area contributed by atoms with Crippen molar-refractivity contribution in [3.63, 3.8) is 0 Å². The average molecular weight is 283 g/mol. The summed E-state index contributed by atoms with van der Waals surface area (Å²) in [6.07, 6.45) is 3.10. The van der Waals surface area contributed by atoms with Crippen LogP contribution in [0, 0.1) is 0 Å². The molecule has 0 spiro atoms. The van der Waals surface area contributed by atoms with Crippen molar-refractivity contribution in [2.75, 3.05) is 19.5 Å². The van der Waals surface area contributed by atoms with Crippen LogP contribution in [-0.4, -0.2) is 20.0 Å². The van der Waals surface area contributed by atoms with Crippen molar-refractivity contribution in [3.8, 4) is 11.5 Å². The molecule has 2 aromatic carbocycles. The molecule has 0 saturated carbocycles. The molecule has 0 fully saturated rings. The van der Waals surface area contributed by atoms with Gasteiger partial charge < -0.3 is 14.8 Å². The van der Waals surface area contributed by atoms with E-state index in [1.165, 1.54) is 6.08 Å². The molecule has 0 amide bonds. The number of ether oxygens (including phenoxy) is 2. The number of hydrogen-bond acceptors (Lipinski definition) is 4. The lowest BCUT2D eigenvalue weighted by molar-refractivity contribution is 0.104. The molecule has 2 rings (SSSR count). The van der Waals surface area contributed by atoms with Crippen LogP contribution in [0.1, 0.15) is 10.4 Å². The van der Waals surface area contributed by atoms with E-state index in [1.807, 2.05) is 24.3 Å². The number of anilines is 1. The Kier molecular flexibility index (Phi) is 4.99. The van der Waals surface area contributed by atoms with Gasteiger partial charge in [0.25, 0.3) is 0 Å². The van der Waals surface area contributed by atoms with Crippen molar-refractivity contribution in [2.45, 2.75) is 0 Å². The van der Waals surface area contributed by atoms with Crippen molar-refractivity contribution in [1.82, 2.24) is 0 Å². The van der Waals surface area contributed by atoms with Crippen molar-refractivity contribution in [2.24, 2.45) is 0 Å². The predicted molar refractivity (Wildman–Crippen MR) is 83.1 cm³/mol. The summed E-state index contributed by atoms with van der Waals surface area (Å²) in [4.78, 5) is 12.0. The van der Waals surface area contributed by atoms with E-state index in [2.05, 4.69) is 5.32 Å². The first-order valence-corrected chi connectivity index (χ1v) is 6.48. The lowest BCUT2D eigenvalue weighted by atomic mass is 10.1. The molecule has 0 aliphatic rings. The maximum Gasteiger partial charge on any atom is 0.187 e. The summed E-state index contributed by atoms with van der Waals surface area (Å²) in [6, 6.07) is 14.5. The van der Waals surface area contributed by atoms with Gasteiger partial charge in [0.1, 0.15) is 11.5 Å². The van der Waals surface area contributed by atoms with Crippen LogP contribution in [0.15, 0.2) is 60.8 Å². The molecule has 0 radical (unpaired) electrons. The minimum absolute atomic E-state index is 0.0880. The molecule has 0 bridgehead atoms. The highest BCUT2D eigenvalue weighted by Gasteiger charge is 2.02. The molecule has 0 aliphatic carbocycles. The van der Waals surface area contributed by atoms with Gasteiger partial charge in [0.15, 0.2) is 5.78 Å². The summed E-state index contributed by atoms with van der Waals surface area (Å²) < 4.78 is 10.2. The van der Waals surface area contributed by atoms with Gasteiger partial charge >= 0.3 is 0 Å². The zero-order chi connectivity index (χ0) is 15.1. The summed E-state index contributed by atoms with van der Waals surface area (Å²) in [6.45, 7) is 0. The normalized spacial score (nSPS) is 10.4. The Hall–Kier alpha value is -2.75. The van der Waals surface area contributed by atoms with E-state index < -0.39 is 0 Å². The molecule has 21 heavy (non-hydrogen) atoms. The lowest BCUT2D eigenvalue weighted by Gasteiger charge is -2.03. The van der Waals surface area contributed by atoms with Crippen molar-refractivity contribution < 1.29 is 14.3 Å². The number of allylic oxidation sites excluding steroid dienone is 1. The van der Waals surface area contributed by atoms with Crippen LogP contribution < -0.4 is 14.8 Å². The number of benzene rings is 2. The van der Waals surface area contributed by atoms with E-state index in [0.717, 1.165) is 11.4 Å². The zero-order valence-corrected chi connectivity index (χ0v) is 12.0. The Morgan fingerprint density at radius 1 is 1.00 bits per heavy atom. The number of carbonyl (C=O) groups excluding carboxylic acids is 1. The fourth-order valence-electron chi connectivity index (χ4n) is 1.77. The first-order chi connectivity index (χ1) is 10.2. The van der Waals surface area contributed by atoms with E-state index in [-0.39, 0.29) is 5.78 Å². The van der Waals surface area contributed by atoms with Gasteiger partial charge in [-0.3, -0.25) is 4.79 Å².